The lowest BCUT2D eigenvalue weighted by molar-refractivity contribution is -0.533. The van der Waals surface area contributed by atoms with Gasteiger partial charge in [-0.2, -0.15) is 0 Å². The van der Waals surface area contributed by atoms with Gasteiger partial charge in [0.15, 0.2) is 0 Å². The molecule has 0 saturated carbocycles. The van der Waals surface area contributed by atoms with Gasteiger partial charge in [-0.1, -0.05) is 0 Å². The average Bonchev–Trinajstić information content (AvgIpc) is 2.22. The van der Waals surface area contributed by atoms with E-state index in [-0.39, 0.29) is 12.8 Å². The third-order valence-electron chi connectivity index (χ3n) is 2.54. The van der Waals surface area contributed by atoms with Gasteiger partial charge >= 0.3 is 0 Å². The average molecular weight is 236 g/mol. The highest BCUT2D eigenvalue weighted by atomic mass is 16.6. The van der Waals surface area contributed by atoms with Crippen molar-refractivity contribution in [2.24, 2.45) is 0 Å². The Labute approximate surface area is 92.2 Å². The van der Waals surface area contributed by atoms with Crippen molar-refractivity contribution in [3.05, 3.63) is 20.2 Å². The van der Waals surface area contributed by atoms with Crippen molar-refractivity contribution in [2.45, 2.75) is 51.0 Å². The van der Waals surface area contributed by atoms with Gasteiger partial charge in [0.05, 0.1) is 0 Å². The molecular formula is C8H16N2O6. The molecule has 8 nitrogen and oxygen atoms in total. The number of aliphatic hydroxyl groups is 2. The monoisotopic (exact) mass is 236 g/mol. The Balaban J connectivity index is 4.05. The van der Waals surface area contributed by atoms with Gasteiger partial charge in [0, 0.05) is 23.7 Å². The van der Waals surface area contributed by atoms with Crippen LogP contribution in [-0.2, 0) is 0 Å². The van der Waals surface area contributed by atoms with E-state index in [0.717, 1.165) is 0 Å². The molecule has 0 aliphatic carbocycles. The van der Waals surface area contributed by atoms with Gasteiger partial charge in [-0.15, -0.1) is 0 Å². The second kappa shape index (κ2) is 6.33. The molecule has 0 heterocycles. The Morgan fingerprint density at radius 3 is 1.38 bits per heavy atom. The molecule has 0 spiro atoms. The van der Waals surface area contributed by atoms with E-state index < -0.39 is 34.1 Å². The molecule has 0 aromatic carbocycles. The van der Waals surface area contributed by atoms with Crippen LogP contribution in [-0.4, -0.2) is 44.4 Å². The summed E-state index contributed by atoms with van der Waals surface area (Å²) in [5.41, 5.74) is 0. The molecule has 94 valence electrons. The van der Waals surface area contributed by atoms with Gasteiger partial charge in [0.2, 0.25) is 12.1 Å². The van der Waals surface area contributed by atoms with E-state index in [0.29, 0.717) is 0 Å². The van der Waals surface area contributed by atoms with Gasteiger partial charge < -0.3 is 10.2 Å². The summed E-state index contributed by atoms with van der Waals surface area (Å²) < 4.78 is 0. The molecular weight excluding hydrogens is 220 g/mol. The largest absolute Gasteiger partial charge is 0.386 e. The van der Waals surface area contributed by atoms with E-state index in [1.165, 1.54) is 13.8 Å². The van der Waals surface area contributed by atoms with Crippen LogP contribution in [0.3, 0.4) is 0 Å². The second-order valence-electron chi connectivity index (χ2n) is 3.76. The van der Waals surface area contributed by atoms with E-state index >= 15 is 0 Å². The van der Waals surface area contributed by atoms with Crippen molar-refractivity contribution in [2.75, 3.05) is 0 Å². The molecule has 0 aliphatic rings. The summed E-state index contributed by atoms with van der Waals surface area (Å²) in [5.74, 6) is 0. The minimum Gasteiger partial charge on any atom is -0.386 e. The van der Waals surface area contributed by atoms with Gasteiger partial charge in [0.1, 0.15) is 12.2 Å². The normalized spacial score (nSPS) is 18.5. The van der Waals surface area contributed by atoms with Crippen LogP contribution in [0.25, 0.3) is 0 Å². The molecule has 0 aliphatic heterocycles. The van der Waals surface area contributed by atoms with E-state index in [4.69, 9.17) is 0 Å². The van der Waals surface area contributed by atoms with Crippen molar-refractivity contribution >= 4 is 0 Å². The molecule has 0 unspecified atom stereocenters. The van der Waals surface area contributed by atoms with Crippen LogP contribution in [0.15, 0.2) is 0 Å². The van der Waals surface area contributed by atoms with E-state index in [9.17, 15) is 30.4 Å². The van der Waals surface area contributed by atoms with Crippen LogP contribution in [0.5, 0.6) is 0 Å². The summed E-state index contributed by atoms with van der Waals surface area (Å²) >= 11 is 0. The lowest BCUT2D eigenvalue weighted by Gasteiger charge is -2.15. The highest BCUT2D eigenvalue weighted by Crippen LogP contribution is 2.11. The van der Waals surface area contributed by atoms with Crippen molar-refractivity contribution in [3.8, 4) is 0 Å². The third kappa shape index (κ3) is 4.49. The van der Waals surface area contributed by atoms with Gasteiger partial charge in [-0.3, -0.25) is 20.2 Å². The molecule has 0 fully saturated rings. The first-order valence-corrected chi connectivity index (χ1v) is 4.90. The molecule has 0 rings (SSSR count). The van der Waals surface area contributed by atoms with Gasteiger partial charge in [0.25, 0.3) is 0 Å². The van der Waals surface area contributed by atoms with Crippen molar-refractivity contribution < 1.29 is 20.1 Å². The Morgan fingerprint density at radius 2 is 1.19 bits per heavy atom. The molecule has 0 aromatic heterocycles. The summed E-state index contributed by atoms with van der Waals surface area (Å²) in [4.78, 5) is 19.3. The first-order valence-electron chi connectivity index (χ1n) is 4.90. The van der Waals surface area contributed by atoms with E-state index in [1.807, 2.05) is 0 Å². The molecule has 0 bridgehead atoms. The van der Waals surface area contributed by atoms with Crippen molar-refractivity contribution in [1.29, 1.82) is 0 Å². The van der Waals surface area contributed by atoms with Crippen LogP contribution in [0.2, 0.25) is 0 Å². The summed E-state index contributed by atoms with van der Waals surface area (Å²) in [6.07, 6.45) is -2.49. The molecule has 4 atom stereocenters. The number of hydrogen-bond acceptors (Lipinski definition) is 6. The standard InChI is InChI=1S/C8H16N2O6/c1-5(9(13)14)7(11)3-4-8(12)6(2)10(15)16/h5-8,11-12H,3-4H2,1-2H3/t5-,6-,7-,8-/m1/s1. The summed E-state index contributed by atoms with van der Waals surface area (Å²) in [6, 6.07) is -2.28. The fourth-order valence-electron chi connectivity index (χ4n) is 1.10. The zero-order valence-electron chi connectivity index (χ0n) is 9.15. The maximum atomic E-state index is 10.3. The van der Waals surface area contributed by atoms with Crippen LogP contribution < -0.4 is 0 Å². The Hall–Kier alpha value is -1.28. The molecule has 8 heteroatoms. The number of hydrogen-bond donors (Lipinski definition) is 2. The topological polar surface area (TPSA) is 127 Å². The Bertz CT molecular complexity index is 233. The maximum absolute atomic E-state index is 10.3. The molecule has 2 N–H and O–H groups in total. The SMILES string of the molecule is C[C@H]([C@H](O)CC[C@@H](O)[C@@H](C)[N+](=O)[O-])[N+](=O)[O-]. The summed E-state index contributed by atoms with van der Waals surface area (Å²) in [6.45, 7) is 2.49. The smallest absolute Gasteiger partial charge is 0.235 e. The van der Waals surface area contributed by atoms with E-state index in [2.05, 4.69) is 0 Å². The Kier molecular flexibility index (Phi) is 5.83. The predicted octanol–water partition coefficient (Wildman–Crippen LogP) is -0.181. The zero-order valence-corrected chi connectivity index (χ0v) is 9.15. The lowest BCUT2D eigenvalue weighted by atomic mass is 10.0. The van der Waals surface area contributed by atoms with Gasteiger partial charge in [-0.25, -0.2) is 0 Å². The molecule has 0 aromatic rings. The number of rotatable bonds is 7. The molecule has 0 saturated heterocycles. The number of nitro groups is 2. The second-order valence-corrected chi connectivity index (χ2v) is 3.76. The zero-order chi connectivity index (χ0) is 12.9. The first kappa shape index (κ1) is 14.7. The van der Waals surface area contributed by atoms with Crippen LogP contribution >= 0.6 is 0 Å². The van der Waals surface area contributed by atoms with Crippen LogP contribution in [0.4, 0.5) is 0 Å². The minimum absolute atomic E-state index is 0.0402. The highest BCUT2D eigenvalue weighted by Gasteiger charge is 2.28. The first-order chi connectivity index (χ1) is 7.27. The van der Waals surface area contributed by atoms with Crippen molar-refractivity contribution in [1.82, 2.24) is 0 Å². The molecule has 0 radical (unpaired) electrons. The highest BCUT2D eigenvalue weighted by molar-refractivity contribution is 4.69. The summed E-state index contributed by atoms with van der Waals surface area (Å²) in [7, 11) is 0. The van der Waals surface area contributed by atoms with Crippen LogP contribution in [0, 0.1) is 20.2 Å². The molecule has 16 heavy (non-hydrogen) atoms. The number of aliphatic hydroxyl groups excluding tert-OH is 2. The number of nitrogens with zero attached hydrogens (tertiary/aromatic N) is 2. The third-order valence-corrected chi connectivity index (χ3v) is 2.54. The van der Waals surface area contributed by atoms with Crippen LogP contribution in [0.1, 0.15) is 26.7 Å². The predicted molar refractivity (Wildman–Crippen MR) is 54.2 cm³/mol. The van der Waals surface area contributed by atoms with E-state index in [1.54, 1.807) is 0 Å². The quantitative estimate of drug-likeness (QED) is 0.466. The fourth-order valence-corrected chi connectivity index (χ4v) is 1.10. The van der Waals surface area contributed by atoms with Crippen molar-refractivity contribution in [3.63, 3.8) is 0 Å². The minimum atomic E-state index is -1.20. The molecule has 0 amide bonds. The summed E-state index contributed by atoms with van der Waals surface area (Å²) in [5, 5.41) is 39.3. The maximum Gasteiger partial charge on any atom is 0.235 e. The Morgan fingerprint density at radius 1 is 0.938 bits per heavy atom. The fraction of sp³-hybridized carbons (Fsp3) is 1.00. The van der Waals surface area contributed by atoms with Gasteiger partial charge in [-0.05, 0) is 12.8 Å². The lowest BCUT2D eigenvalue weighted by Crippen LogP contribution is -2.35.